The first kappa shape index (κ1) is 16.7. The number of carbonyl (C=O) groups excluding carboxylic acids is 2. The maximum atomic E-state index is 12.6. The summed E-state index contributed by atoms with van der Waals surface area (Å²) in [7, 11) is 0. The molecule has 1 amide bonds. The van der Waals surface area contributed by atoms with Crippen LogP contribution >= 0.6 is 0 Å². The van der Waals surface area contributed by atoms with E-state index in [4.69, 9.17) is 5.73 Å². The number of carbonyl (C=O) groups is 2. The largest absolute Gasteiger partial charge is 0.366 e. The third-order valence-corrected chi connectivity index (χ3v) is 4.04. The van der Waals surface area contributed by atoms with E-state index in [1.807, 2.05) is 57.2 Å². The number of ketones is 1. The molecule has 0 saturated carbocycles. The average molecular weight is 307 g/mol. The van der Waals surface area contributed by atoms with Crippen molar-refractivity contribution < 1.29 is 9.59 Å². The second-order valence-electron chi connectivity index (χ2n) is 5.77. The number of aryl methyl sites for hydroxylation is 1. The van der Waals surface area contributed by atoms with Crippen molar-refractivity contribution in [3.05, 3.63) is 75.9 Å². The summed E-state index contributed by atoms with van der Waals surface area (Å²) in [5.41, 5.74) is 10.9. The SMILES string of the molecule is Cc1ccc(CC(=O)c2ccc(C=CC(N)=O)c(C)c2C)cc1. The molecule has 0 radical (unpaired) electrons. The van der Waals surface area contributed by atoms with E-state index in [2.05, 4.69) is 0 Å². The van der Waals surface area contributed by atoms with Gasteiger partial charge in [-0.25, -0.2) is 0 Å². The highest BCUT2D eigenvalue weighted by atomic mass is 16.1. The summed E-state index contributed by atoms with van der Waals surface area (Å²) in [5.74, 6) is -0.388. The number of amides is 1. The van der Waals surface area contributed by atoms with Crippen LogP contribution in [0.25, 0.3) is 6.08 Å². The maximum Gasteiger partial charge on any atom is 0.241 e. The molecule has 118 valence electrons. The molecule has 2 aromatic rings. The predicted octanol–water partition coefficient (Wildman–Crippen LogP) is 3.54. The number of Topliss-reactive ketones (excluding diaryl/α,β-unsaturated/α-hetero) is 1. The Morgan fingerprint density at radius 3 is 2.22 bits per heavy atom. The Morgan fingerprint density at radius 2 is 1.61 bits per heavy atom. The summed E-state index contributed by atoms with van der Waals surface area (Å²) in [5, 5.41) is 0. The Labute approximate surface area is 136 Å². The van der Waals surface area contributed by atoms with Gasteiger partial charge in [0.05, 0.1) is 0 Å². The lowest BCUT2D eigenvalue weighted by Crippen LogP contribution is -2.08. The Balaban J connectivity index is 2.26. The molecule has 0 aromatic heterocycles. The number of benzene rings is 2. The normalized spacial score (nSPS) is 10.9. The van der Waals surface area contributed by atoms with E-state index in [1.54, 1.807) is 6.08 Å². The van der Waals surface area contributed by atoms with Crippen LogP contribution in [0.4, 0.5) is 0 Å². The molecule has 0 aliphatic rings. The van der Waals surface area contributed by atoms with Gasteiger partial charge in [-0.3, -0.25) is 9.59 Å². The molecule has 0 aliphatic carbocycles. The first-order valence-electron chi connectivity index (χ1n) is 7.55. The molecule has 0 spiro atoms. The van der Waals surface area contributed by atoms with Crippen molar-refractivity contribution >= 4 is 17.8 Å². The first-order valence-corrected chi connectivity index (χ1v) is 7.55. The lowest BCUT2D eigenvalue weighted by atomic mass is 9.93. The van der Waals surface area contributed by atoms with Gasteiger partial charge in [0.15, 0.2) is 5.78 Å². The van der Waals surface area contributed by atoms with E-state index >= 15 is 0 Å². The highest BCUT2D eigenvalue weighted by molar-refractivity contribution is 5.99. The third-order valence-electron chi connectivity index (χ3n) is 4.04. The van der Waals surface area contributed by atoms with E-state index in [1.165, 1.54) is 11.6 Å². The van der Waals surface area contributed by atoms with E-state index in [0.717, 1.165) is 27.8 Å². The molecule has 0 saturated heterocycles. The summed E-state index contributed by atoms with van der Waals surface area (Å²) in [6, 6.07) is 11.7. The fourth-order valence-electron chi connectivity index (χ4n) is 2.48. The van der Waals surface area contributed by atoms with Crippen molar-refractivity contribution in [2.45, 2.75) is 27.2 Å². The Morgan fingerprint density at radius 1 is 0.957 bits per heavy atom. The van der Waals surface area contributed by atoms with Crippen molar-refractivity contribution in [3.63, 3.8) is 0 Å². The highest BCUT2D eigenvalue weighted by Crippen LogP contribution is 2.21. The van der Waals surface area contributed by atoms with Gasteiger partial charge in [0, 0.05) is 18.1 Å². The number of rotatable bonds is 5. The van der Waals surface area contributed by atoms with E-state index in [9.17, 15) is 9.59 Å². The minimum absolute atomic E-state index is 0.0971. The molecule has 2 N–H and O–H groups in total. The summed E-state index contributed by atoms with van der Waals surface area (Å²) < 4.78 is 0. The highest BCUT2D eigenvalue weighted by Gasteiger charge is 2.13. The Kier molecular flexibility index (Phi) is 5.12. The van der Waals surface area contributed by atoms with Gasteiger partial charge >= 0.3 is 0 Å². The van der Waals surface area contributed by atoms with Crippen LogP contribution in [0.2, 0.25) is 0 Å². The van der Waals surface area contributed by atoms with Gasteiger partial charge < -0.3 is 5.73 Å². The molecule has 3 heteroatoms. The number of hydrogen-bond donors (Lipinski definition) is 1. The molecule has 2 aromatic carbocycles. The van der Waals surface area contributed by atoms with Crippen LogP contribution in [0.1, 0.15) is 38.2 Å². The fourth-order valence-corrected chi connectivity index (χ4v) is 2.48. The average Bonchev–Trinajstić information content (AvgIpc) is 2.50. The quantitative estimate of drug-likeness (QED) is 0.678. The van der Waals surface area contributed by atoms with Crippen LogP contribution in [0.3, 0.4) is 0 Å². The third kappa shape index (κ3) is 4.16. The summed E-state index contributed by atoms with van der Waals surface area (Å²) >= 11 is 0. The minimum Gasteiger partial charge on any atom is -0.366 e. The molecule has 2 rings (SSSR count). The van der Waals surface area contributed by atoms with Gasteiger partial charge in [-0.2, -0.15) is 0 Å². The van der Waals surface area contributed by atoms with Crippen LogP contribution in [0.15, 0.2) is 42.5 Å². The molecule has 0 bridgehead atoms. The second-order valence-corrected chi connectivity index (χ2v) is 5.77. The maximum absolute atomic E-state index is 12.6. The zero-order valence-electron chi connectivity index (χ0n) is 13.7. The van der Waals surface area contributed by atoms with Crippen LogP contribution in [0.5, 0.6) is 0 Å². The zero-order valence-corrected chi connectivity index (χ0v) is 13.7. The van der Waals surface area contributed by atoms with Crippen molar-refractivity contribution in [1.29, 1.82) is 0 Å². The summed E-state index contributed by atoms with van der Waals surface area (Å²) in [6.45, 7) is 5.90. The number of nitrogens with two attached hydrogens (primary N) is 1. The van der Waals surface area contributed by atoms with Crippen molar-refractivity contribution in [2.75, 3.05) is 0 Å². The smallest absolute Gasteiger partial charge is 0.241 e. The predicted molar refractivity (Wildman–Crippen MR) is 93.4 cm³/mol. The van der Waals surface area contributed by atoms with Crippen LogP contribution in [-0.2, 0) is 11.2 Å². The molecule has 0 aliphatic heterocycles. The van der Waals surface area contributed by atoms with Crippen LogP contribution in [0, 0.1) is 20.8 Å². The zero-order chi connectivity index (χ0) is 17.0. The van der Waals surface area contributed by atoms with E-state index in [0.29, 0.717) is 6.42 Å². The van der Waals surface area contributed by atoms with Crippen molar-refractivity contribution in [3.8, 4) is 0 Å². The second kappa shape index (κ2) is 7.05. The topological polar surface area (TPSA) is 60.2 Å². The lowest BCUT2D eigenvalue weighted by molar-refractivity contribution is -0.113. The lowest BCUT2D eigenvalue weighted by Gasteiger charge is -2.11. The van der Waals surface area contributed by atoms with E-state index < -0.39 is 5.91 Å². The van der Waals surface area contributed by atoms with Gasteiger partial charge in [-0.1, -0.05) is 42.0 Å². The number of primary amides is 1. The van der Waals surface area contributed by atoms with Gasteiger partial charge in [0.25, 0.3) is 0 Å². The Hall–Kier alpha value is -2.68. The van der Waals surface area contributed by atoms with Crippen molar-refractivity contribution in [2.24, 2.45) is 5.73 Å². The standard InChI is InChI=1S/C20H21NO2/c1-13-4-6-16(7-5-13)12-19(22)18-10-8-17(9-11-20(21)23)14(2)15(18)3/h4-11H,12H2,1-3H3,(H2,21,23). The molecule has 0 heterocycles. The molecule has 0 atom stereocenters. The summed E-state index contributed by atoms with van der Waals surface area (Å²) in [6.07, 6.45) is 3.39. The van der Waals surface area contributed by atoms with Gasteiger partial charge in [0.2, 0.25) is 5.91 Å². The van der Waals surface area contributed by atoms with Gasteiger partial charge in [-0.05, 0) is 49.1 Å². The molecule has 0 fully saturated rings. The molecule has 3 nitrogen and oxygen atoms in total. The Bertz CT molecular complexity index is 771. The number of hydrogen-bond acceptors (Lipinski definition) is 2. The molecule has 23 heavy (non-hydrogen) atoms. The van der Waals surface area contributed by atoms with Crippen LogP contribution < -0.4 is 5.73 Å². The monoisotopic (exact) mass is 307 g/mol. The molecule has 0 unspecified atom stereocenters. The first-order chi connectivity index (χ1) is 10.9. The molecular weight excluding hydrogens is 286 g/mol. The van der Waals surface area contributed by atoms with Crippen molar-refractivity contribution in [1.82, 2.24) is 0 Å². The van der Waals surface area contributed by atoms with Gasteiger partial charge in [0.1, 0.15) is 0 Å². The van der Waals surface area contributed by atoms with Gasteiger partial charge in [-0.15, -0.1) is 0 Å². The van der Waals surface area contributed by atoms with Crippen LogP contribution in [-0.4, -0.2) is 11.7 Å². The molecular formula is C20H21NO2. The summed E-state index contributed by atoms with van der Waals surface area (Å²) in [4.78, 5) is 23.4. The van der Waals surface area contributed by atoms with E-state index in [-0.39, 0.29) is 5.78 Å². The fraction of sp³-hybridized carbons (Fsp3) is 0.200. The minimum atomic E-state index is -0.485.